The first kappa shape index (κ1) is 33.3. The molecule has 0 aliphatic rings. The van der Waals surface area contributed by atoms with E-state index in [1.165, 1.54) is 12.2 Å². The number of benzene rings is 1. The van der Waals surface area contributed by atoms with Crippen LogP contribution in [0.25, 0.3) is 0 Å². The Labute approximate surface area is 233 Å². The molecule has 0 saturated heterocycles. The monoisotopic (exact) mass is 539 g/mol. The highest BCUT2D eigenvalue weighted by molar-refractivity contribution is 6.02. The van der Waals surface area contributed by atoms with E-state index in [0.29, 0.717) is 37.2 Å². The Morgan fingerprint density at radius 1 is 1.00 bits per heavy atom. The van der Waals surface area contributed by atoms with E-state index in [-0.39, 0.29) is 36.7 Å². The molecule has 2 atom stereocenters. The zero-order chi connectivity index (χ0) is 29.2. The van der Waals surface area contributed by atoms with Crippen LogP contribution in [0, 0.1) is 5.92 Å². The third-order valence-corrected chi connectivity index (χ3v) is 6.01. The van der Waals surface area contributed by atoms with Gasteiger partial charge in [0.1, 0.15) is 0 Å². The quantitative estimate of drug-likeness (QED) is 0.178. The van der Waals surface area contributed by atoms with Crippen LogP contribution >= 0.6 is 0 Å². The summed E-state index contributed by atoms with van der Waals surface area (Å²) >= 11 is 0. The lowest BCUT2D eigenvalue weighted by Crippen LogP contribution is -2.42. The lowest BCUT2D eigenvalue weighted by molar-refractivity contribution is -0.128. The average molecular weight is 540 g/mol. The van der Waals surface area contributed by atoms with Crippen molar-refractivity contribution in [3.8, 4) is 0 Å². The summed E-state index contributed by atoms with van der Waals surface area (Å²) in [5, 5.41) is 8.16. The van der Waals surface area contributed by atoms with Crippen molar-refractivity contribution in [2.24, 2.45) is 11.7 Å². The topological polar surface area (TPSA) is 134 Å². The molecule has 214 valence electrons. The SMILES string of the molecule is C=C/C(=C\C(=C/C)C(=O)NCC(N)CC(C)C(=O)NCC(=O)NCc1ccccc1)C(=O)N(CCC)CCC. The highest BCUT2D eigenvalue weighted by atomic mass is 16.2. The number of carbonyl (C=O) groups excluding carboxylic acids is 4. The fourth-order valence-electron chi connectivity index (χ4n) is 3.86. The molecule has 0 aliphatic heterocycles. The maximum Gasteiger partial charge on any atom is 0.253 e. The van der Waals surface area contributed by atoms with Gasteiger partial charge in [0.05, 0.1) is 6.54 Å². The Morgan fingerprint density at radius 3 is 2.21 bits per heavy atom. The van der Waals surface area contributed by atoms with Crippen molar-refractivity contribution in [1.82, 2.24) is 20.9 Å². The fraction of sp³-hybridized carbons (Fsp3) is 0.467. The highest BCUT2D eigenvalue weighted by Gasteiger charge is 2.20. The van der Waals surface area contributed by atoms with E-state index in [4.69, 9.17) is 5.73 Å². The number of nitrogens with two attached hydrogens (primary N) is 1. The maximum atomic E-state index is 12.9. The zero-order valence-corrected chi connectivity index (χ0v) is 23.8. The highest BCUT2D eigenvalue weighted by Crippen LogP contribution is 2.11. The molecule has 0 spiro atoms. The van der Waals surface area contributed by atoms with Crippen molar-refractivity contribution in [2.75, 3.05) is 26.2 Å². The first-order valence-electron chi connectivity index (χ1n) is 13.6. The standard InChI is InChI=1S/C30H45N5O4/c1-6-15-35(16-7-2)30(39)25(9-4)18-24(8-3)29(38)33-20-26(31)17-22(5)28(37)34-21-27(36)32-19-23-13-11-10-12-14-23/h8-14,18,22,26H,4,6-7,15-17,19-21,31H2,1-3,5H3,(H,32,36)(H,33,38)(H,34,37)/b24-8+,25-18+. The van der Waals surface area contributed by atoms with Gasteiger partial charge in [0.2, 0.25) is 11.8 Å². The van der Waals surface area contributed by atoms with Crippen LogP contribution in [0.3, 0.4) is 0 Å². The summed E-state index contributed by atoms with van der Waals surface area (Å²) in [6, 6.07) is 9.01. The van der Waals surface area contributed by atoms with E-state index >= 15 is 0 Å². The summed E-state index contributed by atoms with van der Waals surface area (Å²) in [4.78, 5) is 51.9. The van der Waals surface area contributed by atoms with Crippen LogP contribution in [0.5, 0.6) is 0 Å². The number of nitrogens with zero attached hydrogens (tertiary/aromatic N) is 1. The fourth-order valence-corrected chi connectivity index (χ4v) is 3.86. The summed E-state index contributed by atoms with van der Waals surface area (Å²) in [7, 11) is 0. The molecular formula is C30H45N5O4. The van der Waals surface area contributed by atoms with Crippen LogP contribution in [0.2, 0.25) is 0 Å². The molecule has 0 aromatic heterocycles. The predicted molar refractivity (Wildman–Crippen MR) is 155 cm³/mol. The number of hydrogen-bond donors (Lipinski definition) is 4. The number of allylic oxidation sites excluding steroid dienone is 1. The number of hydrogen-bond acceptors (Lipinski definition) is 5. The van der Waals surface area contributed by atoms with Gasteiger partial charge in [-0.1, -0.05) is 69.8 Å². The van der Waals surface area contributed by atoms with Crippen molar-refractivity contribution < 1.29 is 19.2 Å². The molecule has 0 aliphatic carbocycles. The molecule has 0 saturated carbocycles. The van der Waals surface area contributed by atoms with Gasteiger partial charge in [-0.05, 0) is 37.8 Å². The molecule has 1 aromatic rings. The number of nitrogens with one attached hydrogen (secondary N) is 3. The normalized spacial score (nSPS) is 13.2. The summed E-state index contributed by atoms with van der Waals surface area (Å²) < 4.78 is 0. The van der Waals surface area contributed by atoms with Gasteiger partial charge in [0.15, 0.2) is 0 Å². The van der Waals surface area contributed by atoms with Crippen molar-refractivity contribution in [3.05, 3.63) is 71.8 Å². The van der Waals surface area contributed by atoms with E-state index < -0.39 is 12.0 Å². The molecule has 1 aromatic carbocycles. The van der Waals surface area contributed by atoms with Gasteiger partial charge < -0.3 is 26.6 Å². The van der Waals surface area contributed by atoms with E-state index in [9.17, 15) is 19.2 Å². The minimum Gasteiger partial charge on any atom is -0.350 e. The molecule has 2 unspecified atom stereocenters. The molecule has 9 nitrogen and oxygen atoms in total. The van der Waals surface area contributed by atoms with E-state index in [0.717, 1.165) is 18.4 Å². The van der Waals surface area contributed by atoms with E-state index in [2.05, 4.69) is 22.5 Å². The van der Waals surface area contributed by atoms with Crippen molar-refractivity contribution >= 4 is 23.6 Å². The van der Waals surface area contributed by atoms with Gasteiger partial charge in [0.25, 0.3) is 11.8 Å². The number of carbonyl (C=O) groups is 4. The van der Waals surface area contributed by atoms with Crippen LogP contribution in [0.15, 0.2) is 66.3 Å². The van der Waals surface area contributed by atoms with Gasteiger partial charge in [-0.25, -0.2) is 0 Å². The Bertz CT molecular complexity index is 1010. The molecule has 5 N–H and O–H groups in total. The minimum absolute atomic E-state index is 0.128. The van der Waals surface area contributed by atoms with Gasteiger partial charge in [-0.15, -0.1) is 0 Å². The van der Waals surface area contributed by atoms with Gasteiger partial charge in [-0.3, -0.25) is 19.2 Å². The van der Waals surface area contributed by atoms with E-state index in [1.807, 2.05) is 44.2 Å². The molecule has 1 rings (SSSR count). The summed E-state index contributed by atoms with van der Waals surface area (Å²) in [5.74, 6) is -1.56. The van der Waals surface area contributed by atoms with Gasteiger partial charge >= 0.3 is 0 Å². The first-order valence-corrected chi connectivity index (χ1v) is 13.6. The molecule has 9 heteroatoms. The second kappa shape index (κ2) is 18.5. The summed E-state index contributed by atoms with van der Waals surface area (Å²) in [6.07, 6.45) is 6.61. The lowest BCUT2D eigenvalue weighted by Gasteiger charge is -2.22. The zero-order valence-electron chi connectivity index (χ0n) is 23.8. The predicted octanol–water partition coefficient (Wildman–Crippen LogP) is 2.60. The summed E-state index contributed by atoms with van der Waals surface area (Å²) in [6.45, 7) is 12.9. The van der Waals surface area contributed by atoms with Crippen LogP contribution in [0.1, 0.15) is 52.5 Å². The molecule has 0 fully saturated rings. The van der Waals surface area contributed by atoms with Gasteiger partial charge in [0, 0.05) is 49.3 Å². The third-order valence-electron chi connectivity index (χ3n) is 6.01. The van der Waals surface area contributed by atoms with Crippen LogP contribution in [-0.2, 0) is 25.7 Å². The molecule has 39 heavy (non-hydrogen) atoms. The molecule has 4 amide bonds. The van der Waals surface area contributed by atoms with Crippen molar-refractivity contribution in [3.63, 3.8) is 0 Å². The Kier molecular flexibility index (Phi) is 15.8. The van der Waals surface area contributed by atoms with Crippen LogP contribution in [-0.4, -0.2) is 60.7 Å². The summed E-state index contributed by atoms with van der Waals surface area (Å²) in [5.41, 5.74) is 7.81. The van der Waals surface area contributed by atoms with Crippen LogP contribution in [0.4, 0.5) is 0 Å². The Balaban J connectivity index is 2.55. The average Bonchev–Trinajstić information content (AvgIpc) is 2.94. The van der Waals surface area contributed by atoms with Crippen molar-refractivity contribution in [1.29, 1.82) is 0 Å². The molecule has 0 heterocycles. The minimum atomic E-state index is -0.478. The van der Waals surface area contributed by atoms with Crippen molar-refractivity contribution in [2.45, 2.75) is 59.5 Å². The lowest BCUT2D eigenvalue weighted by atomic mass is 10.0. The molecule has 0 radical (unpaired) electrons. The van der Waals surface area contributed by atoms with Crippen LogP contribution < -0.4 is 21.7 Å². The second-order valence-electron chi connectivity index (χ2n) is 9.43. The number of rotatable bonds is 17. The Hall–Kier alpha value is -3.72. The molecule has 0 bridgehead atoms. The van der Waals surface area contributed by atoms with Gasteiger partial charge in [-0.2, -0.15) is 0 Å². The molecular weight excluding hydrogens is 494 g/mol. The smallest absolute Gasteiger partial charge is 0.253 e. The van der Waals surface area contributed by atoms with E-state index in [1.54, 1.807) is 24.8 Å². The Morgan fingerprint density at radius 2 is 1.64 bits per heavy atom. The maximum absolute atomic E-state index is 12.9. The third kappa shape index (κ3) is 12.6. The number of amides is 4. The largest absolute Gasteiger partial charge is 0.350 e. The second-order valence-corrected chi connectivity index (χ2v) is 9.43. The first-order chi connectivity index (χ1) is 18.7.